The van der Waals surface area contributed by atoms with Crippen molar-refractivity contribution >= 4 is 5.69 Å². The van der Waals surface area contributed by atoms with Crippen LogP contribution in [-0.4, -0.2) is 56.4 Å². The Bertz CT molecular complexity index is 1240. The van der Waals surface area contributed by atoms with Gasteiger partial charge in [0.1, 0.15) is 23.1 Å². The second-order valence-electron chi connectivity index (χ2n) is 10.5. The highest BCUT2D eigenvalue weighted by Crippen LogP contribution is 2.48. The quantitative estimate of drug-likeness (QED) is 0.374. The van der Waals surface area contributed by atoms with Crippen LogP contribution in [0.3, 0.4) is 0 Å². The molecule has 5 nitrogen and oxygen atoms in total. The number of hydrogen-bond donors (Lipinski definition) is 1. The van der Waals surface area contributed by atoms with Gasteiger partial charge >= 0.3 is 0 Å². The highest BCUT2D eigenvalue weighted by molar-refractivity contribution is 5.55. The van der Waals surface area contributed by atoms with E-state index in [0.29, 0.717) is 24.0 Å². The lowest BCUT2D eigenvalue weighted by Crippen LogP contribution is -2.39. The minimum absolute atomic E-state index is 0.0248. The van der Waals surface area contributed by atoms with Gasteiger partial charge in [-0.1, -0.05) is 38.1 Å². The van der Waals surface area contributed by atoms with Crippen LogP contribution < -0.4 is 14.4 Å². The molecule has 2 aliphatic heterocycles. The van der Waals surface area contributed by atoms with Gasteiger partial charge in [0.2, 0.25) is 0 Å². The molecule has 1 N–H and O–H groups in total. The van der Waals surface area contributed by atoms with Crippen LogP contribution in [0.4, 0.5) is 10.1 Å². The number of rotatable bonds is 8. The number of piperidine rings is 1. The third-order valence-electron chi connectivity index (χ3n) is 8.37. The molecule has 0 aliphatic carbocycles. The molecule has 3 aromatic rings. The molecule has 3 aromatic carbocycles. The van der Waals surface area contributed by atoms with Crippen LogP contribution in [-0.2, 0) is 0 Å². The van der Waals surface area contributed by atoms with Gasteiger partial charge in [0.25, 0.3) is 0 Å². The maximum Gasteiger partial charge on any atom is 0.146 e. The summed E-state index contributed by atoms with van der Waals surface area (Å²) in [6.07, 6.45) is 2.18. The molecule has 2 atom stereocenters. The molecule has 0 spiro atoms. The molecule has 6 heteroatoms. The van der Waals surface area contributed by atoms with E-state index >= 15 is 4.39 Å². The summed E-state index contributed by atoms with van der Waals surface area (Å²) in [5.74, 6) is 1.94. The molecule has 0 saturated carbocycles. The first-order chi connectivity index (χ1) is 18.5. The number of phenolic OH excluding ortho intramolecular Hbond substituents is 1. The van der Waals surface area contributed by atoms with Crippen molar-refractivity contribution in [2.75, 3.05) is 51.3 Å². The standard InChI is InChI=1S/C32H39FN2O3/c1-4-34(5-2)20-22-13-15-35(16-14-22)30-12-9-24(18-29(30)33)32-27-11-10-25(36)19-31(27)38-21-28(32)23-7-6-8-26(17-23)37-3/h6-12,17-19,22,28,32,36H,4-5,13-16,20-21H2,1-3H3/t28?,32-/m1/s1. The van der Waals surface area contributed by atoms with Crippen LogP contribution in [0.2, 0.25) is 0 Å². The fourth-order valence-electron chi connectivity index (χ4n) is 6.15. The minimum atomic E-state index is -0.180. The van der Waals surface area contributed by atoms with Crippen LogP contribution in [0.15, 0.2) is 60.7 Å². The van der Waals surface area contributed by atoms with E-state index in [-0.39, 0.29) is 23.4 Å². The maximum atomic E-state index is 15.8. The second-order valence-corrected chi connectivity index (χ2v) is 10.5. The number of phenols is 1. The molecule has 1 saturated heterocycles. The number of benzene rings is 3. The van der Waals surface area contributed by atoms with E-state index < -0.39 is 0 Å². The Labute approximate surface area is 225 Å². The topological polar surface area (TPSA) is 45.2 Å². The molecule has 2 heterocycles. The van der Waals surface area contributed by atoms with E-state index in [0.717, 1.165) is 68.0 Å². The summed E-state index contributed by atoms with van der Waals surface area (Å²) in [5, 5.41) is 10.1. The summed E-state index contributed by atoms with van der Waals surface area (Å²) in [4.78, 5) is 4.69. The van der Waals surface area contributed by atoms with E-state index in [2.05, 4.69) is 35.8 Å². The molecule has 0 amide bonds. The van der Waals surface area contributed by atoms with Crippen molar-refractivity contribution in [2.45, 2.75) is 38.5 Å². The van der Waals surface area contributed by atoms with Gasteiger partial charge in [-0.05, 0) is 73.3 Å². The fraction of sp³-hybridized carbons (Fsp3) is 0.438. The summed E-state index contributed by atoms with van der Waals surface area (Å²) in [5.41, 5.74) is 3.62. The number of methoxy groups -OCH3 is 1. The van der Waals surface area contributed by atoms with Gasteiger partial charge in [0, 0.05) is 43.1 Å². The Morgan fingerprint density at radius 3 is 2.50 bits per heavy atom. The summed E-state index contributed by atoms with van der Waals surface area (Å²) in [6, 6.07) is 19.0. The number of ether oxygens (including phenoxy) is 2. The summed E-state index contributed by atoms with van der Waals surface area (Å²) < 4.78 is 27.3. The Hall–Kier alpha value is -3.25. The van der Waals surface area contributed by atoms with Crippen molar-refractivity contribution in [2.24, 2.45) is 5.92 Å². The maximum absolute atomic E-state index is 15.8. The van der Waals surface area contributed by atoms with Crippen molar-refractivity contribution in [3.63, 3.8) is 0 Å². The van der Waals surface area contributed by atoms with Crippen molar-refractivity contribution in [1.29, 1.82) is 0 Å². The summed E-state index contributed by atoms with van der Waals surface area (Å²) >= 11 is 0. The Morgan fingerprint density at radius 2 is 1.79 bits per heavy atom. The summed E-state index contributed by atoms with van der Waals surface area (Å²) in [6.45, 7) is 9.92. The van der Waals surface area contributed by atoms with Crippen molar-refractivity contribution < 1.29 is 19.0 Å². The molecule has 1 fully saturated rings. The average molecular weight is 519 g/mol. The number of hydrogen-bond acceptors (Lipinski definition) is 5. The molecule has 202 valence electrons. The minimum Gasteiger partial charge on any atom is -0.508 e. The van der Waals surface area contributed by atoms with Crippen LogP contribution in [0, 0.1) is 11.7 Å². The van der Waals surface area contributed by atoms with Crippen LogP contribution in [0.5, 0.6) is 17.2 Å². The van der Waals surface area contributed by atoms with E-state index in [1.54, 1.807) is 25.3 Å². The zero-order valence-corrected chi connectivity index (χ0v) is 22.7. The smallest absolute Gasteiger partial charge is 0.146 e. The molecular formula is C32H39FN2O3. The van der Waals surface area contributed by atoms with E-state index in [4.69, 9.17) is 9.47 Å². The first-order valence-electron chi connectivity index (χ1n) is 13.9. The number of aromatic hydroxyl groups is 1. The van der Waals surface area contributed by atoms with Crippen LogP contribution >= 0.6 is 0 Å². The molecule has 38 heavy (non-hydrogen) atoms. The number of nitrogens with zero attached hydrogens (tertiary/aromatic N) is 2. The monoisotopic (exact) mass is 518 g/mol. The highest BCUT2D eigenvalue weighted by atomic mass is 19.1. The molecule has 0 radical (unpaired) electrons. The van der Waals surface area contributed by atoms with E-state index in [1.807, 2.05) is 30.3 Å². The fourth-order valence-corrected chi connectivity index (χ4v) is 6.15. The SMILES string of the molecule is CCN(CC)CC1CCN(c2ccc([C@@H]3c4ccc(O)cc4OCC3c3cccc(OC)c3)cc2F)CC1. The molecule has 0 aromatic heterocycles. The lowest BCUT2D eigenvalue weighted by molar-refractivity contribution is 0.229. The number of halogens is 1. The zero-order chi connectivity index (χ0) is 26.6. The van der Waals surface area contributed by atoms with Gasteiger partial charge in [-0.15, -0.1) is 0 Å². The first kappa shape index (κ1) is 26.4. The molecular weight excluding hydrogens is 479 g/mol. The lowest BCUT2D eigenvalue weighted by atomic mass is 9.75. The zero-order valence-electron chi connectivity index (χ0n) is 22.7. The van der Waals surface area contributed by atoms with Gasteiger partial charge in [-0.25, -0.2) is 4.39 Å². The normalized spacial score (nSPS) is 19.8. The lowest BCUT2D eigenvalue weighted by Gasteiger charge is -2.37. The van der Waals surface area contributed by atoms with Crippen molar-refractivity contribution in [3.05, 3.63) is 83.2 Å². The van der Waals surface area contributed by atoms with Crippen molar-refractivity contribution in [1.82, 2.24) is 4.90 Å². The third kappa shape index (κ3) is 5.46. The van der Waals surface area contributed by atoms with Gasteiger partial charge in [0.15, 0.2) is 0 Å². The predicted molar refractivity (Wildman–Crippen MR) is 150 cm³/mol. The molecule has 2 aliphatic rings. The Balaban J connectivity index is 1.42. The van der Waals surface area contributed by atoms with Crippen LogP contribution in [0.25, 0.3) is 0 Å². The number of anilines is 1. The Morgan fingerprint density at radius 1 is 1.00 bits per heavy atom. The van der Waals surface area contributed by atoms with E-state index in [1.165, 1.54) is 0 Å². The largest absolute Gasteiger partial charge is 0.508 e. The van der Waals surface area contributed by atoms with Crippen LogP contribution in [0.1, 0.15) is 55.2 Å². The molecule has 0 bridgehead atoms. The highest BCUT2D eigenvalue weighted by Gasteiger charge is 2.34. The van der Waals surface area contributed by atoms with E-state index in [9.17, 15) is 5.11 Å². The molecule has 1 unspecified atom stereocenters. The predicted octanol–water partition coefficient (Wildman–Crippen LogP) is 6.41. The average Bonchev–Trinajstić information content (AvgIpc) is 2.95. The van der Waals surface area contributed by atoms with Crippen molar-refractivity contribution in [3.8, 4) is 17.2 Å². The second kappa shape index (κ2) is 11.6. The molecule has 5 rings (SSSR count). The number of fused-ring (bicyclic) bond motifs is 1. The third-order valence-corrected chi connectivity index (χ3v) is 8.37. The van der Waals surface area contributed by atoms with Gasteiger partial charge in [-0.2, -0.15) is 0 Å². The summed E-state index contributed by atoms with van der Waals surface area (Å²) in [7, 11) is 1.66. The van der Waals surface area contributed by atoms with Gasteiger partial charge in [0.05, 0.1) is 19.4 Å². The van der Waals surface area contributed by atoms with Gasteiger partial charge < -0.3 is 24.4 Å². The Kier molecular flexibility index (Phi) is 8.08. The first-order valence-corrected chi connectivity index (χ1v) is 13.9. The van der Waals surface area contributed by atoms with Gasteiger partial charge in [-0.3, -0.25) is 0 Å².